The van der Waals surface area contributed by atoms with Crippen molar-refractivity contribution in [1.82, 2.24) is 20.0 Å². The molecule has 3 rings (SSSR count). The van der Waals surface area contributed by atoms with Crippen LogP contribution in [0.3, 0.4) is 0 Å². The molecular weight excluding hydrogens is 387 g/mol. The van der Waals surface area contributed by atoms with Crippen molar-refractivity contribution >= 4 is 6.09 Å². The van der Waals surface area contributed by atoms with Gasteiger partial charge in [-0.15, -0.1) is 0 Å². The first-order valence-corrected chi connectivity index (χ1v) is 10.6. The van der Waals surface area contributed by atoms with Crippen molar-refractivity contribution in [3.05, 3.63) is 28.5 Å². The summed E-state index contributed by atoms with van der Waals surface area (Å²) in [5.41, 5.74) is 4.24. The lowest BCUT2D eigenvalue weighted by Crippen LogP contribution is -2.45. The predicted molar refractivity (Wildman–Crippen MR) is 111 cm³/mol. The molecule has 0 radical (unpaired) electrons. The average Bonchev–Trinajstić information content (AvgIpc) is 3.03. The first kappa shape index (κ1) is 22.2. The largest absolute Gasteiger partial charge is 0.450 e. The quantitative estimate of drug-likeness (QED) is 0.709. The van der Waals surface area contributed by atoms with E-state index in [1.54, 1.807) is 6.92 Å². The van der Waals surface area contributed by atoms with E-state index in [2.05, 4.69) is 5.16 Å². The average molecular weight is 419 g/mol. The monoisotopic (exact) mass is 418 g/mol. The molecule has 0 unspecified atom stereocenters. The van der Waals surface area contributed by atoms with E-state index in [9.17, 15) is 9.18 Å². The molecular formula is C22H31FN4O3. The van der Waals surface area contributed by atoms with Crippen LogP contribution in [0.5, 0.6) is 0 Å². The smallest absolute Gasteiger partial charge is 0.409 e. The first-order valence-electron chi connectivity index (χ1n) is 10.6. The van der Waals surface area contributed by atoms with Gasteiger partial charge in [0, 0.05) is 18.2 Å². The van der Waals surface area contributed by atoms with Crippen LogP contribution in [0.4, 0.5) is 9.18 Å². The van der Waals surface area contributed by atoms with Gasteiger partial charge in [0.15, 0.2) is 0 Å². The van der Waals surface area contributed by atoms with Crippen LogP contribution < -0.4 is 0 Å². The van der Waals surface area contributed by atoms with Crippen LogP contribution >= 0.6 is 0 Å². The summed E-state index contributed by atoms with van der Waals surface area (Å²) in [6, 6.07) is 0. The highest BCUT2D eigenvalue weighted by molar-refractivity contribution is 5.68. The highest BCUT2D eigenvalue weighted by Crippen LogP contribution is 2.33. The van der Waals surface area contributed by atoms with E-state index in [-0.39, 0.29) is 25.0 Å². The van der Waals surface area contributed by atoms with Crippen LogP contribution in [0.2, 0.25) is 0 Å². The Kier molecular flexibility index (Phi) is 6.73. The number of carbonyl (C=O) groups excluding carboxylic acids is 1. The summed E-state index contributed by atoms with van der Waals surface area (Å²) < 4.78 is 25.3. The number of hydrogen-bond donors (Lipinski definition) is 0. The van der Waals surface area contributed by atoms with E-state index in [1.165, 1.54) is 4.90 Å². The fraction of sp³-hybridized carbons (Fsp3) is 0.636. The van der Waals surface area contributed by atoms with Crippen molar-refractivity contribution in [2.75, 3.05) is 19.7 Å². The Bertz CT molecular complexity index is 893. The van der Waals surface area contributed by atoms with Gasteiger partial charge in [-0.1, -0.05) is 19.0 Å². The van der Waals surface area contributed by atoms with Gasteiger partial charge >= 0.3 is 6.09 Å². The van der Waals surface area contributed by atoms with Crippen LogP contribution in [0.15, 0.2) is 4.52 Å². The van der Waals surface area contributed by atoms with E-state index in [0.717, 1.165) is 34.0 Å². The molecule has 0 N–H and O–H groups in total. The van der Waals surface area contributed by atoms with Crippen molar-refractivity contribution in [3.63, 3.8) is 0 Å². The van der Waals surface area contributed by atoms with Crippen molar-refractivity contribution < 1.29 is 18.4 Å². The minimum atomic E-state index is -1.12. The van der Waals surface area contributed by atoms with Gasteiger partial charge in [-0.05, 0) is 52.0 Å². The fourth-order valence-corrected chi connectivity index (χ4v) is 3.92. The first-order chi connectivity index (χ1) is 14.2. The molecule has 164 valence electrons. The van der Waals surface area contributed by atoms with E-state index in [1.807, 2.05) is 34.6 Å². The summed E-state index contributed by atoms with van der Waals surface area (Å²) in [5, 5.41) is 4.06. The molecule has 2 aromatic rings. The van der Waals surface area contributed by atoms with Crippen LogP contribution in [0.25, 0.3) is 11.3 Å². The molecule has 30 heavy (non-hydrogen) atoms. The Morgan fingerprint density at radius 2 is 2.03 bits per heavy atom. The van der Waals surface area contributed by atoms with Gasteiger partial charge in [0.25, 0.3) is 0 Å². The Labute approximate surface area is 177 Å². The van der Waals surface area contributed by atoms with Gasteiger partial charge in [0.05, 0.1) is 30.1 Å². The number of amides is 1. The molecule has 7 nitrogen and oxygen atoms in total. The SMILES string of the molecule is CCOC(=O)N1CC[C@@H](Cc2nc(C(C)C)nc(-c3c(C)noc3C)c2C)[C@@H](F)C1. The number of aromatic nitrogens is 3. The molecule has 1 aliphatic heterocycles. The number of carbonyl (C=O) groups is 1. The molecule has 1 saturated heterocycles. The molecule has 8 heteroatoms. The van der Waals surface area contributed by atoms with Gasteiger partial charge in [0.1, 0.15) is 17.8 Å². The lowest BCUT2D eigenvalue weighted by Gasteiger charge is -2.34. The molecule has 0 saturated carbocycles. The number of hydrogen-bond acceptors (Lipinski definition) is 6. The molecule has 2 aromatic heterocycles. The van der Waals surface area contributed by atoms with Crippen molar-refractivity contribution in [3.8, 4) is 11.3 Å². The second-order valence-electron chi connectivity index (χ2n) is 8.27. The Morgan fingerprint density at radius 1 is 1.30 bits per heavy atom. The highest BCUT2D eigenvalue weighted by atomic mass is 19.1. The number of halogens is 1. The summed E-state index contributed by atoms with van der Waals surface area (Å²) in [4.78, 5) is 22.9. The molecule has 1 amide bonds. The summed E-state index contributed by atoms with van der Waals surface area (Å²) in [6.07, 6.45) is -0.495. The molecule has 1 fully saturated rings. The van der Waals surface area contributed by atoms with E-state index >= 15 is 0 Å². The molecule has 0 bridgehead atoms. The summed E-state index contributed by atoms with van der Waals surface area (Å²) >= 11 is 0. The summed E-state index contributed by atoms with van der Waals surface area (Å²) in [5.74, 6) is 1.36. The number of alkyl halides is 1. The third kappa shape index (κ3) is 4.47. The highest BCUT2D eigenvalue weighted by Gasteiger charge is 2.33. The predicted octanol–water partition coefficient (Wildman–Crippen LogP) is 4.54. The maximum absolute atomic E-state index is 15.0. The van der Waals surface area contributed by atoms with Gasteiger partial charge in [-0.3, -0.25) is 0 Å². The van der Waals surface area contributed by atoms with Crippen molar-refractivity contribution in [2.24, 2.45) is 5.92 Å². The van der Waals surface area contributed by atoms with E-state index in [4.69, 9.17) is 19.2 Å². The lowest BCUT2D eigenvalue weighted by atomic mass is 9.88. The fourth-order valence-electron chi connectivity index (χ4n) is 3.92. The van der Waals surface area contributed by atoms with E-state index in [0.29, 0.717) is 25.1 Å². The number of aryl methyl sites for hydroxylation is 2. The van der Waals surface area contributed by atoms with Gasteiger partial charge in [0.2, 0.25) is 0 Å². The normalized spacial score (nSPS) is 19.4. The Hall–Kier alpha value is -2.51. The maximum Gasteiger partial charge on any atom is 0.409 e. The number of rotatable bonds is 5. The Balaban J connectivity index is 1.89. The lowest BCUT2D eigenvalue weighted by molar-refractivity contribution is 0.0575. The summed E-state index contributed by atoms with van der Waals surface area (Å²) in [6.45, 7) is 12.4. The number of nitrogens with zero attached hydrogens (tertiary/aromatic N) is 4. The molecule has 1 aliphatic rings. The minimum absolute atomic E-state index is 0.0569. The second-order valence-corrected chi connectivity index (χ2v) is 8.27. The maximum atomic E-state index is 15.0. The number of piperidine rings is 1. The number of ether oxygens (including phenoxy) is 1. The number of likely N-dealkylation sites (tertiary alicyclic amines) is 1. The van der Waals surface area contributed by atoms with E-state index < -0.39 is 12.3 Å². The zero-order valence-corrected chi connectivity index (χ0v) is 18.7. The van der Waals surface area contributed by atoms with Crippen LogP contribution in [0.1, 0.15) is 61.6 Å². The van der Waals surface area contributed by atoms with Gasteiger partial charge in [-0.2, -0.15) is 0 Å². The molecule has 0 aromatic carbocycles. The van der Waals surface area contributed by atoms with Crippen LogP contribution in [-0.4, -0.2) is 52.0 Å². The minimum Gasteiger partial charge on any atom is -0.450 e. The second kappa shape index (κ2) is 9.10. The molecule has 2 atom stereocenters. The molecule has 3 heterocycles. The van der Waals surface area contributed by atoms with Crippen molar-refractivity contribution in [2.45, 2.75) is 66.5 Å². The van der Waals surface area contributed by atoms with Gasteiger partial charge in [-0.25, -0.2) is 19.2 Å². The van der Waals surface area contributed by atoms with Crippen LogP contribution in [0, 0.1) is 26.7 Å². The standard InChI is InChI=1S/C22H31FN4O3/c1-7-29-22(28)27-9-8-16(17(23)11-27)10-18-13(4)20(25-21(24-18)12(2)3)19-14(5)26-30-15(19)6/h12,16-17H,7-11H2,1-6H3/t16-,17-/m0/s1. The van der Waals surface area contributed by atoms with Gasteiger partial charge < -0.3 is 14.2 Å². The topological polar surface area (TPSA) is 81.4 Å². The Morgan fingerprint density at radius 3 is 2.60 bits per heavy atom. The zero-order chi connectivity index (χ0) is 22.0. The zero-order valence-electron chi connectivity index (χ0n) is 18.7. The molecule has 0 spiro atoms. The third-order valence-electron chi connectivity index (χ3n) is 5.71. The third-order valence-corrected chi connectivity index (χ3v) is 5.71. The summed E-state index contributed by atoms with van der Waals surface area (Å²) in [7, 11) is 0. The molecule has 0 aliphatic carbocycles. The van der Waals surface area contributed by atoms with Crippen LogP contribution in [-0.2, 0) is 11.2 Å². The van der Waals surface area contributed by atoms with Crippen molar-refractivity contribution in [1.29, 1.82) is 0 Å².